The largest absolute Gasteiger partial charge is 0.487 e. The minimum Gasteiger partial charge on any atom is -0.487 e. The molecule has 0 aliphatic rings. The van der Waals surface area contributed by atoms with Crippen LogP contribution in [-0.4, -0.2) is 14.9 Å². The summed E-state index contributed by atoms with van der Waals surface area (Å²) in [5, 5.41) is 15.1. The molecular formula is C16H21ClN2O2. The third-order valence-electron chi connectivity index (χ3n) is 3.53. The molecule has 1 atom stereocenters. The Labute approximate surface area is 130 Å². The third-order valence-corrected chi connectivity index (χ3v) is 3.97. The van der Waals surface area contributed by atoms with E-state index in [2.05, 4.69) is 5.10 Å². The molecular weight excluding hydrogens is 288 g/mol. The molecule has 1 aromatic carbocycles. The fourth-order valence-corrected chi connectivity index (χ4v) is 2.58. The molecule has 114 valence electrons. The van der Waals surface area contributed by atoms with E-state index in [4.69, 9.17) is 16.3 Å². The Morgan fingerprint density at radius 3 is 2.67 bits per heavy atom. The molecule has 4 nitrogen and oxygen atoms in total. The number of hydrogen-bond acceptors (Lipinski definition) is 3. The van der Waals surface area contributed by atoms with Gasteiger partial charge in [-0.15, -0.1) is 0 Å². The van der Waals surface area contributed by atoms with Crippen LogP contribution in [0.4, 0.5) is 0 Å². The van der Waals surface area contributed by atoms with Crippen LogP contribution in [0.15, 0.2) is 24.3 Å². The first-order chi connectivity index (χ1) is 10.1. The lowest BCUT2D eigenvalue weighted by molar-refractivity contribution is 0.166. The van der Waals surface area contributed by atoms with Crippen LogP contribution in [0.5, 0.6) is 5.75 Å². The average molecular weight is 309 g/mol. The smallest absolute Gasteiger partial charge is 0.131 e. The van der Waals surface area contributed by atoms with Gasteiger partial charge >= 0.3 is 0 Å². The lowest BCUT2D eigenvalue weighted by Crippen LogP contribution is -2.06. The van der Waals surface area contributed by atoms with E-state index < -0.39 is 6.10 Å². The normalized spacial score (nSPS) is 12.4. The molecule has 0 spiro atoms. The molecule has 1 aromatic heterocycles. The van der Waals surface area contributed by atoms with Gasteiger partial charge in [0, 0.05) is 12.6 Å². The zero-order valence-corrected chi connectivity index (χ0v) is 13.4. The molecule has 0 saturated carbocycles. The Kier molecular flexibility index (Phi) is 5.26. The third kappa shape index (κ3) is 3.39. The second-order valence-electron chi connectivity index (χ2n) is 4.94. The van der Waals surface area contributed by atoms with Crippen molar-refractivity contribution in [2.45, 2.75) is 39.4 Å². The van der Waals surface area contributed by atoms with Gasteiger partial charge in [0.05, 0.1) is 22.5 Å². The van der Waals surface area contributed by atoms with Gasteiger partial charge < -0.3 is 9.84 Å². The topological polar surface area (TPSA) is 47.3 Å². The molecule has 5 heteroatoms. The van der Waals surface area contributed by atoms with Gasteiger partial charge in [-0.05, 0) is 18.9 Å². The van der Waals surface area contributed by atoms with Gasteiger partial charge in [0.15, 0.2) is 0 Å². The maximum absolute atomic E-state index is 10.0. The second-order valence-corrected chi connectivity index (χ2v) is 5.31. The highest BCUT2D eigenvalue weighted by Crippen LogP contribution is 2.29. The number of halogens is 1. The summed E-state index contributed by atoms with van der Waals surface area (Å²) < 4.78 is 7.61. The van der Waals surface area contributed by atoms with Crippen molar-refractivity contribution >= 4 is 11.6 Å². The average Bonchev–Trinajstić information content (AvgIpc) is 2.79. The molecule has 0 aliphatic carbocycles. The summed E-state index contributed by atoms with van der Waals surface area (Å²) in [7, 11) is 1.86. The van der Waals surface area contributed by atoms with Crippen molar-refractivity contribution in [3.8, 4) is 5.75 Å². The Bertz CT molecular complexity index is 610. The number of rotatable bonds is 6. The first-order valence-corrected chi connectivity index (χ1v) is 7.56. The van der Waals surface area contributed by atoms with Gasteiger partial charge in [-0.25, -0.2) is 0 Å². The Hall–Kier alpha value is -1.52. The maximum atomic E-state index is 10.0. The maximum Gasteiger partial charge on any atom is 0.131 e. The summed E-state index contributed by atoms with van der Waals surface area (Å²) in [6.45, 7) is 4.29. The van der Waals surface area contributed by atoms with Crippen LogP contribution in [0.3, 0.4) is 0 Å². The zero-order valence-electron chi connectivity index (χ0n) is 12.6. The van der Waals surface area contributed by atoms with Crippen LogP contribution in [0.2, 0.25) is 5.02 Å². The minimum atomic E-state index is -0.519. The van der Waals surface area contributed by atoms with Crippen LogP contribution in [0.25, 0.3) is 0 Å². The Balaban J connectivity index is 2.19. The Morgan fingerprint density at radius 1 is 1.33 bits per heavy atom. The number of nitrogens with zero attached hydrogens (tertiary/aromatic N) is 2. The van der Waals surface area contributed by atoms with Crippen molar-refractivity contribution in [3.05, 3.63) is 46.2 Å². The van der Waals surface area contributed by atoms with E-state index >= 15 is 0 Å². The van der Waals surface area contributed by atoms with Crippen molar-refractivity contribution in [1.29, 1.82) is 0 Å². The fourth-order valence-electron chi connectivity index (χ4n) is 2.23. The van der Waals surface area contributed by atoms with Crippen molar-refractivity contribution in [3.63, 3.8) is 0 Å². The number of ether oxygens (including phenoxy) is 1. The van der Waals surface area contributed by atoms with Crippen molar-refractivity contribution in [2.75, 3.05) is 0 Å². The van der Waals surface area contributed by atoms with Crippen molar-refractivity contribution < 1.29 is 9.84 Å². The van der Waals surface area contributed by atoms with E-state index in [1.807, 2.05) is 45.2 Å². The number of benzene rings is 1. The molecule has 21 heavy (non-hydrogen) atoms. The molecule has 0 saturated heterocycles. The molecule has 1 unspecified atom stereocenters. The quantitative estimate of drug-likeness (QED) is 0.886. The van der Waals surface area contributed by atoms with Crippen molar-refractivity contribution in [1.82, 2.24) is 9.78 Å². The van der Waals surface area contributed by atoms with Gasteiger partial charge in [-0.2, -0.15) is 5.10 Å². The summed E-state index contributed by atoms with van der Waals surface area (Å²) >= 11 is 6.31. The zero-order chi connectivity index (χ0) is 15.4. The monoisotopic (exact) mass is 308 g/mol. The first-order valence-electron chi connectivity index (χ1n) is 7.18. The van der Waals surface area contributed by atoms with E-state index in [1.54, 1.807) is 4.68 Å². The van der Waals surface area contributed by atoms with Gasteiger partial charge in [0.2, 0.25) is 0 Å². The fraction of sp³-hybridized carbons (Fsp3) is 0.438. The van der Waals surface area contributed by atoms with E-state index in [-0.39, 0.29) is 0 Å². The number of aryl methyl sites for hydroxylation is 2. The second kappa shape index (κ2) is 6.96. The van der Waals surface area contributed by atoms with E-state index in [9.17, 15) is 5.11 Å². The number of aliphatic hydroxyl groups is 1. The number of hydrogen-bond donors (Lipinski definition) is 1. The Morgan fingerprint density at radius 2 is 2.05 bits per heavy atom. The number of aliphatic hydroxyl groups excluding tert-OH is 1. The van der Waals surface area contributed by atoms with Crippen LogP contribution in [0.1, 0.15) is 43.3 Å². The summed E-state index contributed by atoms with van der Waals surface area (Å²) in [5.41, 5.74) is 2.52. The predicted molar refractivity (Wildman–Crippen MR) is 83.6 cm³/mol. The van der Waals surface area contributed by atoms with Crippen LogP contribution >= 0.6 is 11.6 Å². The molecule has 1 N–H and O–H groups in total. The van der Waals surface area contributed by atoms with Gasteiger partial charge in [0.25, 0.3) is 0 Å². The lowest BCUT2D eigenvalue weighted by Gasteiger charge is -2.15. The van der Waals surface area contributed by atoms with Crippen molar-refractivity contribution in [2.24, 2.45) is 7.05 Å². The molecule has 0 radical (unpaired) electrons. The molecule has 0 bridgehead atoms. The van der Waals surface area contributed by atoms with E-state index in [1.165, 1.54) is 0 Å². The summed E-state index contributed by atoms with van der Waals surface area (Å²) in [6, 6.07) is 7.53. The van der Waals surface area contributed by atoms with Gasteiger partial charge in [0.1, 0.15) is 12.4 Å². The highest BCUT2D eigenvalue weighted by atomic mass is 35.5. The van der Waals surface area contributed by atoms with Gasteiger partial charge in [-0.1, -0.05) is 43.6 Å². The highest BCUT2D eigenvalue weighted by Gasteiger charge is 2.15. The van der Waals surface area contributed by atoms with Crippen LogP contribution in [0, 0.1) is 0 Å². The number of aromatic nitrogens is 2. The predicted octanol–water partition coefficient (Wildman–Crippen LogP) is 3.66. The summed E-state index contributed by atoms with van der Waals surface area (Å²) in [6.07, 6.45) is 0.916. The van der Waals surface area contributed by atoms with Crippen LogP contribution < -0.4 is 4.74 Å². The SMILES string of the molecule is CCc1nn(C)c(COc2ccccc2C(O)CC)c1Cl. The van der Waals surface area contributed by atoms with E-state index in [0.29, 0.717) is 23.8 Å². The highest BCUT2D eigenvalue weighted by molar-refractivity contribution is 6.31. The molecule has 0 aliphatic heterocycles. The molecule has 2 rings (SSSR count). The lowest BCUT2D eigenvalue weighted by atomic mass is 10.1. The molecule has 2 aromatic rings. The standard InChI is InChI=1S/C16H21ClN2O2/c1-4-12-16(17)13(19(3)18-12)10-21-15-9-7-6-8-11(15)14(20)5-2/h6-9,14,20H,4-5,10H2,1-3H3. The molecule has 0 fully saturated rings. The minimum absolute atomic E-state index is 0.329. The molecule has 0 amide bonds. The van der Waals surface area contributed by atoms with Crippen LogP contribution in [-0.2, 0) is 20.1 Å². The van der Waals surface area contributed by atoms with E-state index in [0.717, 1.165) is 23.4 Å². The summed E-state index contributed by atoms with van der Waals surface area (Å²) in [4.78, 5) is 0. The number of para-hydroxylation sites is 1. The first kappa shape index (κ1) is 15.9. The summed E-state index contributed by atoms with van der Waals surface area (Å²) in [5.74, 6) is 0.683. The molecule has 1 heterocycles. The van der Waals surface area contributed by atoms with Gasteiger partial charge in [-0.3, -0.25) is 4.68 Å².